The van der Waals surface area contributed by atoms with Crippen LogP contribution in [0.25, 0.3) is 0 Å². The van der Waals surface area contributed by atoms with Crippen molar-refractivity contribution in [3.63, 3.8) is 0 Å². The summed E-state index contributed by atoms with van der Waals surface area (Å²) in [6, 6.07) is -0.997. The lowest BCUT2D eigenvalue weighted by Gasteiger charge is -2.48. The number of allylic oxidation sites excluding steroid dienone is 13. The average Bonchev–Trinajstić information content (AvgIpc) is 3.57. The largest absolute Gasteiger partial charge is 0.394 e. The number of aliphatic hydroxyl groups excluding tert-OH is 11. The van der Waals surface area contributed by atoms with E-state index in [4.69, 9.17) is 28.4 Å². The first-order valence-electron chi connectivity index (χ1n) is 31.3. The second-order valence-electron chi connectivity index (χ2n) is 22.1. The van der Waals surface area contributed by atoms with Crippen molar-refractivity contribution >= 4 is 5.91 Å². The van der Waals surface area contributed by atoms with Crippen molar-refractivity contribution < 1.29 is 89.4 Å². The lowest BCUT2D eigenvalue weighted by Crippen LogP contribution is -2.66. The van der Waals surface area contributed by atoms with Crippen LogP contribution in [0.15, 0.2) is 85.1 Å². The van der Waals surface area contributed by atoms with Crippen LogP contribution in [0.2, 0.25) is 0 Å². The number of aliphatic hydroxyl groups is 11. The summed E-state index contributed by atoms with van der Waals surface area (Å²) in [4.78, 5) is 13.3. The van der Waals surface area contributed by atoms with E-state index < -0.39 is 124 Å². The molecule has 19 nitrogen and oxygen atoms in total. The van der Waals surface area contributed by atoms with Crippen molar-refractivity contribution in [1.82, 2.24) is 5.32 Å². The molecule has 0 bridgehead atoms. The maximum absolute atomic E-state index is 13.3. The minimum atomic E-state index is -1.98. The molecule has 3 rings (SSSR count). The summed E-state index contributed by atoms with van der Waals surface area (Å²) in [6.45, 7) is 1.55. The van der Waals surface area contributed by atoms with Gasteiger partial charge in [0.2, 0.25) is 5.91 Å². The monoisotopic (exact) mass is 1180 g/mol. The Bertz CT molecular complexity index is 1840. The predicted octanol–water partition coefficient (Wildman–Crippen LogP) is 6.37. The number of hydrogen-bond acceptors (Lipinski definition) is 18. The van der Waals surface area contributed by atoms with Crippen molar-refractivity contribution in [2.24, 2.45) is 0 Å². The summed E-state index contributed by atoms with van der Waals surface area (Å²) < 4.78 is 34.2. The SMILES string of the molecule is CC/C=C\C/C=C\C/C=C\C/C=C\C/C=C\CCCCCCCCCCCC(=O)NC(COC1OC(CO)C(OC2OC(CO)C(OC3OC(CO)C(O)C(O)C3O)C(O)C2O)C(O)C1O)C(O)/C=C/CC/C=C/CCCCCCCCC. The smallest absolute Gasteiger partial charge is 0.220 e. The molecular weight excluding hydrogens is 1070 g/mol. The maximum Gasteiger partial charge on any atom is 0.220 e. The second-order valence-corrected chi connectivity index (χ2v) is 22.1. The molecular formula is C64H109NO18. The fraction of sp³-hybridized carbons (Fsp3) is 0.766. The third-order valence-electron chi connectivity index (χ3n) is 15.2. The van der Waals surface area contributed by atoms with Gasteiger partial charge in [-0.2, -0.15) is 0 Å². The predicted molar refractivity (Wildman–Crippen MR) is 318 cm³/mol. The fourth-order valence-electron chi connectivity index (χ4n) is 10.1. The number of carbonyl (C=O) groups excluding carboxylic acids is 1. The Morgan fingerprint density at radius 2 is 0.843 bits per heavy atom. The molecule has 19 heteroatoms. The molecule has 3 heterocycles. The summed E-state index contributed by atoms with van der Waals surface area (Å²) in [5.74, 6) is -0.297. The Labute approximate surface area is 495 Å². The van der Waals surface area contributed by atoms with E-state index in [0.717, 1.165) is 83.5 Å². The minimum Gasteiger partial charge on any atom is -0.394 e. The summed E-state index contributed by atoms with van der Waals surface area (Å²) in [5.41, 5.74) is 0. The van der Waals surface area contributed by atoms with Gasteiger partial charge in [0.05, 0.1) is 38.6 Å². The molecule has 3 fully saturated rings. The number of unbranched alkanes of at least 4 members (excludes halogenated alkanes) is 17. The Morgan fingerprint density at radius 1 is 0.446 bits per heavy atom. The molecule has 0 aliphatic carbocycles. The van der Waals surface area contributed by atoms with Crippen molar-refractivity contribution in [3.05, 3.63) is 85.1 Å². The average molecular weight is 1180 g/mol. The highest BCUT2D eigenvalue weighted by atomic mass is 16.8. The zero-order chi connectivity index (χ0) is 60.5. The van der Waals surface area contributed by atoms with E-state index in [1.807, 2.05) is 6.08 Å². The number of ether oxygens (including phenoxy) is 6. The highest BCUT2D eigenvalue weighted by molar-refractivity contribution is 5.76. The van der Waals surface area contributed by atoms with Crippen LogP contribution >= 0.6 is 0 Å². The van der Waals surface area contributed by atoms with Gasteiger partial charge in [0.15, 0.2) is 18.9 Å². The Hall–Kier alpha value is -3.03. The van der Waals surface area contributed by atoms with Gasteiger partial charge in [-0.1, -0.05) is 182 Å². The van der Waals surface area contributed by atoms with E-state index in [0.29, 0.717) is 12.8 Å². The van der Waals surface area contributed by atoms with E-state index in [1.165, 1.54) is 64.2 Å². The number of amides is 1. The molecule has 1 amide bonds. The number of rotatable bonds is 45. The zero-order valence-electron chi connectivity index (χ0n) is 49.9. The molecule has 3 aliphatic rings. The molecule has 12 N–H and O–H groups in total. The highest BCUT2D eigenvalue weighted by Crippen LogP contribution is 2.33. The van der Waals surface area contributed by atoms with Crippen LogP contribution in [0, 0.1) is 0 Å². The zero-order valence-corrected chi connectivity index (χ0v) is 49.9. The first kappa shape index (κ1) is 74.2. The van der Waals surface area contributed by atoms with Gasteiger partial charge in [0.25, 0.3) is 0 Å². The third kappa shape index (κ3) is 29.5. The van der Waals surface area contributed by atoms with Crippen molar-refractivity contribution in [1.29, 1.82) is 0 Å². The Balaban J connectivity index is 1.46. The van der Waals surface area contributed by atoms with Crippen LogP contribution in [0.5, 0.6) is 0 Å². The standard InChI is InChI=1S/C64H109NO18/c1-3-5-7-9-11-13-15-17-18-19-20-21-22-23-24-25-26-27-28-30-32-34-36-38-40-42-52(70)65-47(48(69)41-39-37-35-33-31-29-16-14-12-10-8-6-4-2)46-78-62-58(76)55(73)60(50(44-67)80-62)83-64-59(77)56(74)61(51(45-68)81-64)82-63-57(75)54(72)53(71)49(43-66)79-63/h5,7,11,13,17-18,20-21,23-24,31,33,39,41,47-51,53-64,66-69,71-77H,3-4,6,8-10,12,14-16,19,22,25-30,32,34-38,40,42-46H2,1-2H3,(H,65,70)/b7-5-,13-11-,18-17-,21-20-,24-23-,33-31+,41-39+. The minimum absolute atomic E-state index is 0.223. The first-order chi connectivity index (χ1) is 40.3. The van der Waals surface area contributed by atoms with Gasteiger partial charge in [0, 0.05) is 6.42 Å². The van der Waals surface area contributed by atoms with Gasteiger partial charge in [-0.05, 0) is 77.0 Å². The van der Waals surface area contributed by atoms with Crippen molar-refractivity contribution in [3.8, 4) is 0 Å². The van der Waals surface area contributed by atoms with Gasteiger partial charge in [0.1, 0.15) is 73.2 Å². The molecule has 0 aromatic carbocycles. The second kappa shape index (κ2) is 46.2. The van der Waals surface area contributed by atoms with Gasteiger partial charge in [-0.3, -0.25) is 4.79 Å². The van der Waals surface area contributed by atoms with E-state index in [9.17, 15) is 61.0 Å². The first-order valence-corrected chi connectivity index (χ1v) is 31.3. The quantitative estimate of drug-likeness (QED) is 0.0233. The molecule has 17 unspecified atom stereocenters. The normalized spacial score (nSPS) is 30.0. The van der Waals surface area contributed by atoms with E-state index in [2.05, 4.69) is 92.1 Å². The molecule has 3 saturated heterocycles. The molecule has 0 spiro atoms. The van der Waals surface area contributed by atoms with Crippen LogP contribution in [0.1, 0.15) is 181 Å². The maximum atomic E-state index is 13.3. The highest BCUT2D eigenvalue weighted by Gasteiger charge is 2.53. The number of carbonyl (C=O) groups is 1. The van der Waals surface area contributed by atoms with Crippen LogP contribution in [0.4, 0.5) is 0 Å². The molecule has 3 aliphatic heterocycles. The molecule has 83 heavy (non-hydrogen) atoms. The molecule has 0 radical (unpaired) electrons. The summed E-state index contributed by atoms with van der Waals surface area (Å²) in [6.07, 6.45) is 29.9. The van der Waals surface area contributed by atoms with Crippen LogP contribution in [-0.4, -0.2) is 193 Å². The van der Waals surface area contributed by atoms with Gasteiger partial charge in [-0.25, -0.2) is 0 Å². The van der Waals surface area contributed by atoms with Crippen LogP contribution in [-0.2, 0) is 33.2 Å². The summed E-state index contributed by atoms with van der Waals surface area (Å²) >= 11 is 0. The molecule has 0 saturated carbocycles. The summed E-state index contributed by atoms with van der Waals surface area (Å²) in [7, 11) is 0. The van der Waals surface area contributed by atoms with Crippen LogP contribution < -0.4 is 5.32 Å². The Kier molecular flexibility index (Phi) is 41.3. The van der Waals surface area contributed by atoms with Gasteiger partial charge >= 0.3 is 0 Å². The topological polar surface area (TPSA) is 307 Å². The summed E-state index contributed by atoms with van der Waals surface area (Å²) in [5, 5.41) is 120. The lowest BCUT2D eigenvalue weighted by molar-refractivity contribution is -0.379. The lowest BCUT2D eigenvalue weighted by atomic mass is 9.96. The molecule has 0 aromatic heterocycles. The number of hydrogen-bond donors (Lipinski definition) is 12. The fourth-order valence-corrected chi connectivity index (χ4v) is 10.1. The van der Waals surface area contributed by atoms with Gasteiger partial charge < -0.3 is 89.9 Å². The van der Waals surface area contributed by atoms with E-state index in [1.54, 1.807) is 6.08 Å². The van der Waals surface area contributed by atoms with E-state index >= 15 is 0 Å². The third-order valence-corrected chi connectivity index (χ3v) is 15.2. The molecule has 17 atom stereocenters. The van der Waals surface area contributed by atoms with Crippen LogP contribution in [0.3, 0.4) is 0 Å². The van der Waals surface area contributed by atoms with Crippen molar-refractivity contribution in [2.45, 2.75) is 285 Å². The van der Waals surface area contributed by atoms with E-state index in [-0.39, 0.29) is 18.9 Å². The van der Waals surface area contributed by atoms with Crippen molar-refractivity contribution in [2.75, 3.05) is 26.4 Å². The number of nitrogens with one attached hydrogen (secondary N) is 1. The Morgan fingerprint density at radius 3 is 1.35 bits per heavy atom. The molecule has 478 valence electrons. The molecule has 0 aromatic rings. The van der Waals surface area contributed by atoms with Gasteiger partial charge in [-0.15, -0.1) is 0 Å².